The lowest BCUT2D eigenvalue weighted by atomic mass is 10.2. The van der Waals surface area contributed by atoms with Gasteiger partial charge >= 0.3 is 0 Å². The molecule has 0 unspecified atom stereocenters. The van der Waals surface area contributed by atoms with Gasteiger partial charge in [0.25, 0.3) is 0 Å². The molecule has 4 heteroatoms. The number of aromatic nitrogens is 3. The van der Waals surface area contributed by atoms with Crippen molar-refractivity contribution in [2.24, 2.45) is 0 Å². The summed E-state index contributed by atoms with van der Waals surface area (Å²) in [6.45, 7) is 0. The molecule has 60 valence electrons. The summed E-state index contributed by atoms with van der Waals surface area (Å²) in [7, 11) is 0. The SMILES string of the molecule is Oc1cccnc1-c1cn[nH]c1. The minimum atomic E-state index is 0.166. The number of aromatic amines is 1. The van der Waals surface area contributed by atoms with Crippen LogP contribution in [-0.4, -0.2) is 20.3 Å². The van der Waals surface area contributed by atoms with E-state index in [9.17, 15) is 5.11 Å². The zero-order chi connectivity index (χ0) is 8.39. The normalized spacial score (nSPS) is 10.0. The van der Waals surface area contributed by atoms with E-state index in [0.717, 1.165) is 5.56 Å². The van der Waals surface area contributed by atoms with Gasteiger partial charge in [-0.15, -0.1) is 0 Å². The highest BCUT2D eigenvalue weighted by Gasteiger charge is 2.04. The van der Waals surface area contributed by atoms with E-state index in [1.54, 1.807) is 30.7 Å². The second-order valence-electron chi connectivity index (χ2n) is 2.36. The van der Waals surface area contributed by atoms with Crippen molar-refractivity contribution in [1.82, 2.24) is 15.2 Å². The van der Waals surface area contributed by atoms with Crippen LogP contribution < -0.4 is 0 Å². The predicted molar refractivity (Wildman–Crippen MR) is 43.5 cm³/mol. The molecule has 2 rings (SSSR count). The fourth-order valence-electron chi connectivity index (χ4n) is 1.000. The zero-order valence-corrected chi connectivity index (χ0v) is 6.23. The van der Waals surface area contributed by atoms with Crippen LogP contribution in [0.25, 0.3) is 11.3 Å². The molecular formula is C8H7N3O. The highest BCUT2D eigenvalue weighted by atomic mass is 16.3. The van der Waals surface area contributed by atoms with E-state index in [-0.39, 0.29) is 5.75 Å². The topological polar surface area (TPSA) is 61.8 Å². The Labute approximate surface area is 68.9 Å². The maximum absolute atomic E-state index is 9.38. The van der Waals surface area contributed by atoms with Gasteiger partial charge in [-0.1, -0.05) is 0 Å². The van der Waals surface area contributed by atoms with Gasteiger partial charge in [-0.05, 0) is 12.1 Å². The summed E-state index contributed by atoms with van der Waals surface area (Å²) in [5.41, 5.74) is 1.33. The number of pyridine rings is 1. The third-order valence-electron chi connectivity index (χ3n) is 1.56. The molecule has 0 radical (unpaired) electrons. The molecule has 2 heterocycles. The van der Waals surface area contributed by atoms with Crippen LogP contribution in [-0.2, 0) is 0 Å². The molecular weight excluding hydrogens is 154 g/mol. The summed E-state index contributed by atoms with van der Waals surface area (Å²) >= 11 is 0. The number of nitrogens with one attached hydrogen (secondary N) is 1. The van der Waals surface area contributed by atoms with Crippen LogP contribution in [0.1, 0.15) is 0 Å². The minimum Gasteiger partial charge on any atom is -0.506 e. The number of hydrogen-bond acceptors (Lipinski definition) is 3. The molecule has 0 aliphatic carbocycles. The molecule has 0 spiro atoms. The van der Waals surface area contributed by atoms with Crippen LogP contribution in [0.15, 0.2) is 30.7 Å². The molecule has 2 aromatic rings. The van der Waals surface area contributed by atoms with Crippen molar-refractivity contribution in [2.75, 3.05) is 0 Å². The lowest BCUT2D eigenvalue weighted by Crippen LogP contribution is -1.80. The molecule has 0 saturated heterocycles. The quantitative estimate of drug-likeness (QED) is 0.660. The fourth-order valence-corrected chi connectivity index (χ4v) is 1.000. The lowest BCUT2D eigenvalue weighted by molar-refractivity contribution is 0.475. The van der Waals surface area contributed by atoms with E-state index < -0.39 is 0 Å². The monoisotopic (exact) mass is 161 g/mol. The summed E-state index contributed by atoms with van der Waals surface area (Å²) in [5, 5.41) is 15.8. The van der Waals surface area contributed by atoms with Crippen LogP contribution in [0.2, 0.25) is 0 Å². The number of rotatable bonds is 1. The summed E-state index contributed by atoms with van der Waals surface area (Å²) in [6.07, 6.45) is 4.92. The van der Waals surface area contributed by atoms with Gasteiger partial charge in [-0.3, -0.25) is 10.1 Å². The second-order valence-corrected chi connectivity index (χ2v) is 2.36. The van der Waals surface area contributed by atoms with Crippen molar-refractivity contribution in [2.45, 2.75) is 0 Å². The Hall–Kier alpha value is -1.84. The molecule has 2 aromatic heterocycles. The first-order valence-corrected chi connectivity index (χ1v) is 3.51. The Morgan fingerprint density at radius 3 is 3.00 bits per heavy atom. The van der Waals surface area contributed by atoms with Crippen molar-refractivity contribution in [3.8, 4) is 17.0 Å². The molecule has 0 bridgehead atoms. The van der Waals surface area contributed by atoms with E-state index in [4.69, 9.17) is 0 Å². The zero-order valence-electron chi connectivity index (χ0n) is 6.23. The lowest BCUT2D eigenvalue weighted by Gasteiger charge is -1.97. The Morgan fingerprint density at radius 1 is 1.42 bits per heavy atom. The first-order valence-electron chi connectivity index (χ1n) is 3.51. The smallest absolute Gasteiger partial charge is 0.141 e. The van der Waals surface area contributed by atoms with E-state index in [1.807, 2.05) is 0 Å². The average Bonchev–Trinajstić information content (AvgIpc) is 2.57. The van der Waals surface area contributed by atoms with E-state index in [2.05, 4.69) is 15.2 Å². The fraction of sp³-hybridized carbons (Fsp3) is 0. The van der Waals surface area contributed by atoms with Gasteiger partial charge in [0.15, 0.2) is 0 Å². The molecule has 0 saturated carbocycles. The maximum atomic E-state index is 9.38. The Morgan fingerprint density at radius 2 is 2.33 bits per heavy atom. The maximum Gasteiger partial charge on any atom is 0.141 e. The third-order valence-corrected chi connectivity index (χ3v) is 1.56. The van der Waals surface area contributed by atoms with E-state index in [1.165, 1.54) is 0 Å². The van der Waals surface area contributed by atoms with Gasteiger partial charge in [0.2, 0.25) is 0 Å². The largest absolute Gasteiger partial charge is 0.506 e. The van der Waals surface area contributed by atoms with Gasteiger partial charge in [-0.25, -0.2) is 0 Å². The van der Waals surface area contributed by atoms with E-state index in [0.29, 0.717) is 5.69 Å². The minimum absolute atomic E-state index is 0.166. The molecule has 12 heavy (non-hydrogen) atoms. The molecule has 0 amide bonds. The van der Waals surface area contributed by atoms with Crippen LogP contribution >= 0.6 is 0 Å². The Balaban J connectivity index is 2.55. The average molecular weight is 161 g/mol. The predicted octanol–water partition coefficient (Wildman–Crippen LogP) is 1.18. The highest BCUT2D eigenvalue weighted by Crippen LogP contribution is 2.24. The van der Waals surface area contributed by atoms with Crippen LogP contribution in [0.3, 0.4) is 0 Å². The summed E-state index contributed by atoms with van der Waals surface area (Å²) in [6, 6.07) is 3.27. The second kappa shape index (κ2) is 2.65. The molecule has 0 atom stereocenters. The number of aromatic hydroxyl groups is 1. The highest BCUT2D eigenvalue weighted by molar-refractivity contribution is 5.63. The number of hydrogen-bond donors (Lipinski definition) is 2. The molecule has 0 aliphatic heterocycles. The van der Waals surface area contributed by atoms with Gasteiger partial charge in [0.1, 0.15) is 11.4 Å². The third kappa shape index (κ3) is 1.03. The summed E-state index contributed by atoms with van der Waals surface area (Å²) < 4.78 is 0. The van der Waals surface area contributed by atoms with Gasteiger partial charge in [0.05, 0.1) is 6.20 Å². The molecule has 0 fully saturated rings. The molecule has 0 aromatic carbocycles. The van der Waals surface area contributed by atoms with Crippen molar-refractivity contribution in [3.05, 3.63) is 30.7 Å². The van der Waals surface area contributed by atoms with Gasteiger partial charge < -0.3 is 5.11 Å². The van der Waals surface area contributed by atoms with Gasteiger partial charge in [-0.2, -0.15) is 5.10 Å². The summed E-state index contributed by atoms with van der Waals surface area (Å²) in [4.78, 5) is 4.01. The summed E-state index contributed by atoms with van der Waals surface area (Å²) in [5.74, 6) is 0.166. The first-order chi connectivity index (χ1) is 5.88. The molecule has 4 nitrogen and oxygen atoms in total. The first kappa shape index (κ1) is 6.84. The standard InChI is InChI=1S/C8H7N3O/c12-7-2-1-3-9-8(7)6-4-10-11-5-6/h1-5,12H,(H,10,11). The molecule has 0 aliphatic rings. The van der Waals surface area contributed by atoms with Crippen LogP contribution in [0.5, 0.6) is 5.75 Å². The van der Waals surface area contributed by atoms with Crippen LogP contribution in [0.4, 0.5) is 0 Å². The van der Waals surface area contributed by atoms with E-state index >= 15 is 0 Å². The van der Waals surface area contributed by atoms with Crippen molar-refractivity contribution in [3.63, 3.8) is 0 Å². The van der Waals surface area contributed by atoms with Crippen LogP contribution in [0, 0.1) is 0 Å². The molecule has 2 N–H and O–H groups in total. The van der Waals surface area contributed by atoms with Gasteiger partial charge in [0, 0.05) is 18.0 Å². The van der Waals surface area contributed by atoms with Crippen molar-refractivity contribution < 1.29 is 5.11 Å². The van der Waals surface area contributed by atoms with Crippen molar-refractivity contribution in [1.29, 1.82) is 0 Å². The Kier molecular flexibility index (Phi) is 1.51. The number of nitrogens with zero attached hydrogens (tertiary/aromatic N) is 2. The van der Waals surface area contributed by atoms with Crippen molar-refractivity contribution >= 4 is 0 Å². The number of H-pyrrole nitrogens is 1. The Bertz CT molecular complexity index is 370.